The summed E-state index contributed by atoms with van der Waals surface area (Å²) in [5, 5.41) is 23.7. The predicted octanol–water partition coefficient (Wildman–Crippen LogP) is 5.51. The molecule has 0 spiro atoms. The van der Waals surface area contributed by atoms with Crippen LogP contribution in [-0.4, -0.2) is 8.75 Å². The van der Waals surface area contributed by atoms with Gasteiger partial charge in [-0.2, -0.15) is 19.3 Å². The molecule has 120 valence electrons. The summed E-state index contributed by atoms with van der Waals surface area (Å²) in [5.74, 6) is 0. The van der Waals surface area contributed by atoms with Crippen molar-refractivity contribution in [3.05, 3.63) is 45.1 Å². The van der Waals surface area contributed by atoms with Crippen LogP contribution < -0.4 is 0 Å². The molecule has 0 bridgehead atoms. The number of fused-ring (bicyclic) bond motifs is 1. The number of rotatable bonds is 2. The fourth-order valence-electron chi connectivity index (χ4n) is 2.83. The van der Waals surface area contributed by atoms with Crippen LogP contribution in [0.15, 0.2) is 22.9 Å². The fourth-order valence-corrected chi connectivity index (χ4v) is 5.29. The normalized spacial score (nSPS) is 10.7. The molecular formula is C18H10N4S3. The lowest BCUT2D eigenvalue weighted by molar-refractivity contribution is 1.44. The Balaban J connectivity index is 2.19. The Kier molecular flexibility index (Phi) is 3.85. The Labute approximate surface area is 156 Å². The van der Waals surface area contributed by atoms with E-state index in [1.807, 2.05) is 36.7 Å². The highest BCUT2D eigenvalue weighted by molar-refractivity contribution is 7.14. The van der Waals surface area contributed by atoms with Crippen molar-refractivity contribution in [3.63, 3.8) is 0 Å². The second-order valence-corrected chi connectivity index (χ2v) is 8.01. The van der Waals surface area contributed by atoms with Crippen molar-refractivity contribution in [3.8, 4) is 33.0 Å². The zero-order chi connectivity index (χ0) is 17.6. The van der Waals surface area contributed by atoms with Gasteiger partial charge < -0.3 is 0 Å². The maximum Gasteiger partial charge on any atom is 0.115 e. The van der Waals surface area contributed by atoms with Gasteiger partial charge in [0, 0.05) is 20.9 Å². The van der Waals surface area contributed by atoms with Crippen molar-refractivity contribution in [2.24, 2.45) is 0 Å². The standard InChI is InChI=1S/C18H10N4S3/c1-9-3-13(23-7-9)15-11(5-19)12(6-20)16(14-4-10(2)8-24-14)18-17(15)21-25-22-18/h3-4,7-8H,1-2H3. The van der Waals surface area contributed by atoms with E-state index in [2.05, 4.69) is 20.9 Å². The third-order valence-corrected chi connectivity index (χ3v) is 6.55. The van der Waals surface area contributed by atoms with Crippen LogP contribution in [0.3, 0.4) is 0 Å². The smallest absolute Gasteiger partial charge is 0.115 e. The summed E-state index contributed by atoms with van der Waals surface area (Å²) >= 11 is 4.22. The maximum absolute atomic E-state index is 9.83. The first-order chi connectivity index (χ1) is 12.1. The lowest BCUT2D eigenvalue weighted by Gasteiger charge is -2.09. The summed E-state index contributed by atoms with van der Waals surface area (Å²) in [6, 6.07) is 8.54. The van der Waals surface area contributed by atoms with Crippen LogP contribution in [-0.2, 0) is 0 Å². The third kappa shape index (κ3) is 2.45. The number of nitriles is 2. The molecular weight excluding hydrogens is 368 g/mol. The van der Waals surface area contributed by atoms with Crippen molar-refractivity contribution in [2.45, 2.75) is 13.8 Å². The SMILES string of the molecule is Cc1csc(-c2c(C#N)c(C#N)c(-c3cc(C)cs3)c3nsnc23)c1. The summed E-state index contributed by atoms with van der Waals surface area (Å²) in [7, 11) is 0. The van der Waals surface area contributed by atoms with Gasteiger partial charge in [-0.05, 0) is 47.9 Å². The fraction of sp³-hybridized carbons (Fsp3) is 0.111. The molecule has 0 unspecified atom stereocenters. The Bertz CT molecular complexity index is 1110. The minimum Gasteiger partial charge on any atom is -0.192 e. The van der Waals surface area contributed by atoms with Crippen LogP contribution in [0.5, 0.6) is 0 Å². The molecule has 0 radical (unpaired) electrons. The van der Waals surface area contributed by atoms with Crippen LogP contribution in [0.2, 0.25) is 0 Å². The van der Waals surface area contributed by atoms with Crippen molar-refractivity contribution >= 4 is 45.4 Å². The van der Waals surface area contributed by atoms with Crippen molar-refractivity contribution < 1.29 is 0 Å². The molecule has 0 N–H and O–H groups in total. The first-order valence-corrected chi connectivity index (χ1v) is 9.86. The molecule has 0 atom stereocenters. The molecule has 4 aromatic rings. The highest BCUT2D eigenvalue weighted by Crippen LogP contribution is 2.43. The molecule has 0 aliphatic carbocycles. The molecule has 0 aliphatic heterocycles. The van der Waals surface area contributed by atoms with E-state index in [1.165, 1.54) is 0 Å². The summed E-state index contributed by atoms with van der Waals surface area (Å²) in [4.78, 5) is 1.88. The van der Waals surface area contributed by atoms with E-state index in [9.17, 15) is 10.5 Å². The number of hydrogen-bond donors (Lipinski definition) is 0. The molecule has 3 heterocycles. The molecule has 3 aromatic heterocycles. The second kappa shape index (κ2) is 6.05. The molecule has 25 heavy (non-hydrogen) atoms. The summed E-state index contributed by atoms with van der Waals surface area (Å²) in [5.41, 5.74) is 5.84. The molecule has 0 fully saturated rings. The lowest BCUT2D eigenvalue weighted by atomic mass is 9.93. The van der Waals surface area contributed by atoms with Crippen molar-refractivity contribution in [1.82, 2.24) is 8.75 Å². The number of nitrogens with zero attached hydrogens (tertiary/aromatic N) is 4. The van der Waals surface area contributed by atoms with E-state index in [1.54, 1.807) is 22.7 Å². The van der Waals surface area contributed by atoms with Gasteiger partial charge in [-0.3, -0.25) is 0 Å². The first-order valence-electron chi connectivity index (χ1n) is 7.37. The average molecular weight is 379 g/mol. The van der Waals surface area contributed by atoms with Crippen LogP contribution in [0.25, 0.3) is 31.9 Å². The highest BCUT2D eigenvalue weighted by atomic mass is 32.1. The van der Waals surface area contributed by atoms with E-state index in [0.717, 1.165) is 43.7 Å². The number of benzene rings is 1. The van der Waals surface area contributed by atoms with Gasteiger partial charge >= 0.3 is 0 Å². The Morgan fingerprint density at radius 3 is 1.56 bits per heavy atom. The van der Waals surface area contributed by atoms with Crippen molar-refractivity contribution in [1.29, 1.82) is 10.5 Å². The molecule has 4 nitrogen and oxygen atoms in total. The number of thiophene rings is 2. The number of hydrogen-bond acceptors (Lipinski definition) is 7. The van der Waals surface area contributed by atoms with Crippen LogP contribution in [0.1, 0.15) is 22.3 Å². The van der Waals surface area contributed by atoms with Gasteiger partial charge in [0.2, 0.25) is 0 Å². The summed E-state index contributed by atoms with van der Waals surface area (Å²) in [6.07, 6.45) is 0. The molecule has 0 saturated heterocycles. The monoisotopic (exact) mass is 378 g/mol. The van der Waals surface area contributed by atoms with Crippen LogP contribution in [0, 0.1) is 36.5 Å². The summed E-state index contributed by atoms with van der Waals surface area (Å²) < 4.78 is 8.93. The third-order valence-electron chi connectivity index (χ3n) is 3.89. The van der Waals surface area contributed by atoms with Gasteiger partial charge in [0.15, 0.2) is 0 Å². The molecule has 1 aromatic carbocycles. The van der Waals surface area contributed by atoms with E-state index >= 15 is 0 Å². The minimum atomic E-state index is 0.380. The quantitative estimate of drug-likeness (QED) is 0.461. The predicted molar refractivity (Wildman–Crippen MR) is 103 cm³/mol. The topological polar surface area (TPSA) is 73.4 Å². The van der Waals surface area contributed by atoms with Gasteiger partial charge in [0.05, 0.1) is 22.9 Å². The van der Waals surface area contributed by atoms with E-state index < -0.39 is 0 Å². The van der Waals surface area contributed by atoms with Gasteiger partial charge in [0.25, 0.3) is 0 Å². The van der Waals surface area contributed by atoms with Crippen LogP contribution in [0.4, 0.5) is 0 Å². The van der Waals surface area contributed by atoms with Crippen molar-refractivity contribution in [2.75, 3.05) is 0 Å². The van der Waals surface area contributed by atoms with E-state index in [0.29, 0.717) is 22.2 Å². The lowest BCUT2D eigenvalue weighted by Crippen LogP contribution is -1.95. The minimum absolute atomic E-state index is 0.380. The molecule has 0 saturated carbocycles. The number of aryl methyl sites for hydroxylation is 2. The first kappa shape index (κ1) is 15.9. The average Bonchev–Trinajstić information content (AvgIpc) is 3.33. The van der Waals surface area contributed by atoms with Gasteiger partial charge in [0.1, 0.15) is 23.2 Å². The molecule has 0 aliphatic rings. The molecule has 7 heteroatoms. The summed E-state index contributed by atoms with van der Waals surface area (Å²) in [6.45, 7) is 4.02. The zero-order valence-electron chi connectivity index (χ0n) is 13.3. The second-order valence-electron chi connectivity index (χ2n) is 5.66. The van der Waals surface area contributed by atoms with E-state index in [-0.39, 0.29) is 0 Å². The van der Waals surface area contributed by atoms with Gasteiger partial charge in [-0.1, -0.05) is 0 Å². The Hall–Kier alpha value is -2.58. The maximum atomic E-state index is 9.83. The largest absolute Gasteiger partial charge is 0.192 e. The van der Waals surface area contributed by atoms with E-state index in [4.69, 9.17) is 0 Å². The zero-order valence-corrected chi connectivity index (χ0v) is 15.8. The van der Waals surface area contributed by atoms with Gasteiger partial charge in [-0.15, -0.1) is 22.7 Å². The highest BCUT2D eigenvalue weighted by Gasteiger charge is 2.25. The Morgan fingerprint density at radius 2 is 1.24 bits per heavy atom. The van der Waals surface area contributed by atoms with Crippen LogP contribution >= 0.6 is 34.4 Å². The Morgan fingerprint density at radius 1 is 0.800 bits per heavy atom. The number of aromatic nitrogens is 2. The van der Waals surface area contributed by atoms with Gasteiger partial charge in [-0.25, -0.2) is 0 Å². The molecule has 4 rings (SSSR count). The molecule has 0 amide bonds.